The number of hydrogen-bond donors (Lipinski definition) is 1. The normalized spacial score (nSPS) is 9.31. The second-order valence-corrected chi connectivity index (χ2v) is 3.23. The summed E-state index contributed by atoms with van der Waals surface area (Å²) in [5.41, 5.74) is 2.81. The standard InChI is InChI=1S/C10H9NOS/c1-6-3-4-8(10(12)13)7(2)9(6)5-11/h3-4H,1-2H3,(H,12,13). The molecule has 1 aromatic carbocycles. The molecule has 0 saturated carbocycles. The molecule has 1 rings (SSSR count). The molecule has 0 atom stereocenters. The van der Waals surface area contributed by atoms with Crippen LogP contribution < -0.4 is 0 Å². The van der Waals surface area contributed by atoms with Crippen LogP contribution >= 0.6 is 12.2 Å². The highest BCUT2D eigenvalue weighted by molar-refractivity contribution is 7.80. The lowest BCUT2D eigenvalue weighted by Gasteiger charge is -2.06. The lowest BCUT2D eigenvalue weighted by molar-refractivity contribution is 0.570. The van der Waals surface area contributed by atoms with Gasteiger partial charge in [0.15, 0.2) is 5.05 Å². The summed E-state index contributed by atoms with van der Waals surface area (Å²) in [7, 11) is 0. The zero-order chi connectivity index (χ0) is 10.0. The molecule has 0 unspecified atom stereocenters. The molecule has 0 radical (unpaired) electrons. The fourth-order valence-corrected chi connectivity index (χ4v) is 1.47. The third-order valence-electron chi connectivity index (χ3n) is 2.02. The molecule has 0 heterocycles. The molecule has 0 fully saturated rings. The highest BCUT2D eigenvalue weighted by atomic mass is 32.1. The van der Waals surface area contributed by atoms with Crippen LogP contribution in [0.5, 0.6) is 0 Å². The number of thiocarbonyl (C=S) groups is 1. The fourth-order valence-electron chi connectivity index (χ4n) is 1.25. The lowest BCUT2D eigenvalue weighted by atomic mass is 9.99. The molecule has 1 aromatic rings. The van der Waals surface area contributed by atoms with E-state index < -0.39 is 0 Å². The second-order valence-electron chi connectivity index (χ2n) is 2.85. The van der Waals surface area contributed by atoms with E-state index in [1.165, 1.54) is 0 Å². The summed E-state index contributed by atoms with van der Waals surface area (Å²) in [6.45, 7) is 3.64. The van der Waals surface area contributed by atoms with Crippen molar-refractivity contribution in [3.8, 4) is 6.07 Å². The second kappa shape index (κ2) is 3.55. The van der Waals surface area contributed by atoms with Gasteiger partial charge >= 0.3 is 0 Å². The Bertz CT molecular complexity index is 404. The molecule has 66 valence electrons. The van der Waals surface area contributed by atoms with Gasteiger partial charge in [0, 0.05) is 5.56 Å². The van der Waals surface area contributed by atoms with E-state index in [4.69, 9.17) is 10.4 Å². The number of benzene rings is 1. The van der Waals surface area contributed by atoms with Gasteiger partial charge in [-0.05, 0) is 43.3 Å². The maximum Gasteiger partial charge on any atom is 0.188 e. The van der Waals surface area contributed by atoms with Crippen molar-refractivity contribution in [1.29, 1.82) is 5.26 Å². The van der Waals surface area contributed by atoms with Crippen molar-refractivity contribution >= 4 is 17.3 Å². The van der Waals surface area contributed by atoms with Crippen LogP contribution in [0, 0.1) is 25.2 Å². The number of rotatable bonds is 1. The number of nitriles is 1. The third-order valence-corrected chi connectivity index (χ3v) is 2.24. The maximum atomic E-state index is 9.14. The van der Waals surface area contributed by atoms with Gasteiger partial charge in [0.05, 0.1) is 11.6 Å². The Hall–Kier alpha value is -1.40. The molecule has 0 saturated heterocycles. The summed E-state index contributed by atoms with van der Waals surface area (Å²) >= 11 is 4.65. The molecule has 0 aliphatic carbocycles. The van der Waals surface area contributed by atoms with E-state index >= 15 is 0 Å². The Labute approximate surface area is 82.4 Å². The molecule has 2 nitrogen and oxygen atoms in total. The number of aliphatic hydroxyl groups is 1. The largest absolute Gasteiger partial charge is 0.499 e. The topological polar surface area (TPSA) is 44.0 Å². The van der Waals surface area contributed by atoms with Crippen molar-refractivity contribution in [2.75, 3.05) is 0 Å². The van der Waals surface area contributed by atoms with Gasteiger partial charge in [0.2, 0.25) is 0 Å². The van der Waals surface area contributed by atoms with E-state index in [-0.39, 0.29) is 5.05 Å². The quantitative estimate of drug-likeness (QED) is 0.693. The smallest absolute Gasteiger partial charge is 0.188 e. The summed E-state index contributed by atoms with van der Waals surface area (Å²) in [6.07, 6.45) is 0. The highest BCUT2D eigenvalue weighted by Gasteiger charge is 2.09. The highest BCUT2D eigenvalue weighted by Crippen LogP contribution is 2.17. The van der Waals surface area contributed by atoms with Crippen LogP contribution in [-0.2, 0) is 0 Å². The molecule has 0 aliphatic rings. The average Bonchev–Trinajstić information content (AvgIpc) is 2.04. The Morgan fingerprint density at radius 1 is 1.46 bits per heavy atom. The van der Waals surface area contributed by atoms with E-state index in [2.05, 4.69) is 18.3 Å². The Balaban J connectivity index is 3.47. The molecular weight excluding hydrogens is 182 g/mol. The molecule has 3 heteroatoms. The van der Waals surface area contributed by atoms with Crippen LogP contribution in [0.25, 0.3) is 0 Å². The number of aryl methyl sites for hydroxylation is 1. The first kappa shape index (κ1) is 9.69. The first-order chi connectivity index (χ1) is 6.07. The van der Waals surface area contributed by atoms with Crippen molar-refractivity contribution in [2.24, 2.45) is 0 Å². The van der Waals surface area contributed by atoms with E-state index in [0.29, 0.717) is 11.1 Å². The van der Waals surface area contributed by atoms with Crippen molar-refractivity contribution < 1.29 is 5.11 Å². The van der Waals surface area contributed by atoms with Crippen LogP contribution in [0.4, 0.5) is 0 Å². The van der Waals surface area contributed by atoms with E-state index in [1.807, 2.05) is 6.92 Å². The van der Waals surface area contributed by atoms with Gasteiger partial charge < -0.3 is 5.11 Å². The maximum absolute atomic E-state index is 9.14. The molecule has 13 heavy (non-hydrogen) atoms. The Kier molecular flexibility index (Phi) is 2.64. The van der Waals surface area contributed by atoms with Crippen molar-refractivity contribution in [3.05, 3.63) is 34.4 Å². The van der Waals surface area contributed by atoms with E-state index in [0.717, 1.165) is 11.1 Å². The average molecular weight is 191 g/mol. The van der Waals surface area contributed by atoms with Crippen molar-refractivity contribution in [2.45, 2.75) is 13.8 Å². The zero-order valence-electron chi connectivity index (χ0n) is 7.46. The summed E-state index contributed by atoms with van der Waals surface area (Å²) in [6, 6.07) is 5.60. The SMILES string of the molecule is Cc1ccc(C(O)=S)c(C)c1C#N. The zero-order valence-corrected chi connectivity index (χ0v) is 8.27. The summed E-state index contributed by atoms with van der Waals surface area (Å²) in [4.78, 5) is 0. The summed E-state index contributed by atoms with van der Waals surface area (Å²) in [5, 5.41) is 17.8. The minimum atomic E-state index is -0.158. The minimum Gasteiger partial charge on any atom is -0.499 e. The van der Waals surface area contributed by atoms with Crippen LogP contribution in [0.3, 0.4) is 0 Å². The molecule has 0 aromatic heterocycles. The van der Waals surface area contributed by atoms with Crippen LogP contribution in [-0.4, -0.2) is 10.2 Å². The lowest BCUT2D eigenvalue weighted by Crippen LogP contribution is -2.01. The Morgan fingerprint density at radius 3 is 2.54 bits per heavy atom. The summed E-state index contributed by atoms with van der Waals surface area (Å²) < 4.78 is 0. The minimum absolute atomic E-state index is 0.158. The van der Waals surface area contributed by atoms with Gasteiger partial charge in [-0.15, -0.1) is 0 Å². The van der Waals surface area contributed by atoms with Crippen molar-refractivity contribution in [3.63, 3.8) is 0 Å². The van der Waals surface area contributed by atoms with Gasteiger partial charge in [-0.25, -0.2) is 0 Å². The van der Waals surface area contributed by atoms with Crippen LogP contribution in [0.1, 0.15) is 22.3 Å². The van der Waals surface area contributed by atoms with Crippen LogP contribution in [0.15, 0.2) is 12.1 Å². The van der Waals surface area contributed by atoms with Gasteiger partial charge in [-0.3, -0.25) is 0 Å². The van der Waals surface area contributed by atoms with Gasteiger partial charge in [-0.1, -0.05) is 6.07 Å². The first-order valence-electron chi connectivity index (χ1n) is 3.81. The molecule has 0 spiro atoms. The van der Waals surface area contributed by atoms with E-state index in [9.17, 15) is 0 Å². The Morgan fingerprint density at radius 2 is 2.08 bits per heavy atom. The van der Waals surface area contributed by atoms with Gasteiger partial charge in [0.25, 0.3) is 0 Å². The number of nitrogens with zero attached hydrogens (tertiary/aromatic N) is 1. The van der Waals surface area contributed by atoms with Gasteiger partial charge in [0.1, 0.15) is 0 Å². The summed E-state index contributed by atoms with van der Waals surface area (Å²) in [5.74, 6) is 0. The molecule has 0 amide bonds. The number of aliphatic hydroxyl groups excluding tert-OH is 1. The predicted octanol–water partition coefficient (Wildman–Crippen LogP) is 2.41. The molecule has 1 N–H and O–H groups in total. The molecular formula is C10H9NOS. The molecule has 0 bridgehead atoms. The monoisotopic (exact) mass is 191 g/mol. The van der Waals surface area contributed by atoms with Gasteiger partial charge in [-0.2, -0.15) is 5.26 Å². The van der Waals surface area contributed by atoms with Crippen molar-refractivity contribution in [1.82, 2.24) is 0 Å². The van der Waals surface area contributed by atoms with Crippen LogP contribution in [0.2, 0.25) is 0 Å². The predicted molar refractivity (Wildman–Crippen MR) is 55.0 cm³/mol. The first-order valence-corrected chi connectivity index (χ1v) is 4.22. The molecule has 0 aliphatic heterocycles. The number of hydrogen-bond acceptors (Lipinski definition) is 2. The third kappa shape index (κ3) is 1.68. The fraction of sp³-hybridized carbons (Fsp3) is 0.200. The van der Waals surface area contributed by atoms with E-state index in [1.54, 1.807) is 19.1 Å².